The van der Waals surface area contributed by atoms with Gasteiger partial charge in [-0.25, -0.2) is 4.98 Å². The van der Waals surface area contributed by atoms with E-state index in [1.54, 1.807) is 0 Å². The summed E-state index contributed by atoms with van der Waals surface area (Å²) in [5.74, 6) is 0.939. The van der Waals surface area contributed by atoms with Crippen LogP contribution in [0.1, 0.15) is 0 Å². The Morgan fingerprint density at radius 3 is 2.00 bits per heavy atom. The molecule has 4 heteroatoms. The van der Waals surface area contributed by atoms with Crippen LogP contribution in [0.15, 0.2) is 164 Å². The van der Waals surface area contributed by atoms with Gasteiger partial charge in [0.25, 0.3) is 0 Å². The molecule has 0 aliphatic carbocycles. The smallest absolute Gasteiger partial charge is 0.140 e. The van der Waals surface area contributed by atoms with Crippen LogP contribution >= 0.6 is 0 Å². The largest absolute Gasteiger partial charge is 0.327 e. The summed E-state index contributed by atoms with van der Waals surface area (Å²) in [5, 5.41) is 2.44. The lowest BCUT2D eigenvalue weighted by atomic mass is 9.99. The molecule has 0 unspecified atom stereocenters. The minimum atomic E-state index is 0.939. The normalized spacial score (nSPS) is 11.5. The van der Waals surface area contributed by atoms with Crippen molar-refractivity contribution in [3.8, 4) is 50.6 Å². The van der Waals surface area contributed by atoms with Gasteiger partial charge in [-0.3, -0.25) is 4.98 Å². The fourth-order valence-electron chi connectivity index (χ4n) is 6.90. The van der Waals surface area contributed by atoms with E-state index in [0.29, 0.717) is 0 Å². The van der Waals surface area contributed by atoms with E-state index in [1.165, 1.54) is 27.4 Å². The Kier molecular flexibility index (Phi) is 6.32. The molecule has 0 aliphatic rings. The van der Waals surface area contributed by atoms with Crippen LogP contribution < -0.4 is 0 Å². The number of pyridine rings is 1. The highest BCUT2D eigenvalue weighted by Crippen LogP contribution is 2.37. The van der Waals surface area contributed by atoms with Gasteiger partial charge in [0.1, 0.15) is 5.82 Å². The number of para-hydroxylation sites is 2. The van der Waals surface area contributed by atoms with Gasteiger partial charge in [0.15, 0.2) is 0 Å². The van der Waals surface area contributed by atoms with Crippen molar-refractivity contribution in [3.05, 3.63) is 164 Å². The van der Waals surface area contributed by atoms with E-state index < -0.39 is 0 Å². The van der Waals surface area contributed by atoms with Gasteiger partial charge in [-0.2, -0.15) is 0 Å². The molecule has 0 amide bonds. The number of hydrogen-bond acceptors (Lipinski definition) is 2. The predicted molar refractivity (Wildman–Crippen MR) is 195 cm³/mol. The van der Waals surface area contributed by atoms with Crippen molar-refractivity contribution >= 4 is 32.8 Å². The molecule has 3 heterocycles. The second-order valence-electron chi connectivity index (χ2n) is 12.0. The average Bonchev–Trinajstić information content (AvgIpc) is 3.66. The summed E-state index contributed by atoms with van der Waals surface area (Å²) in [6.45, 7) is 0. The minimum Gasteiger partial charge on any atom is -0.327 e. The summed E-state index contributed by atoms with van der Waals surface area (Å²) in [4.78, 5) is 9.91. The summed E-state index contributed by atoms with van der Waals surface area (Å²) in [6, 6.07) is 55.8. The zero-order valence-electron chi connectivity index (χ0n) is 25.9. The zero-order chi connectivity index (χ0) is 31.3. The molecule has 0 fully saturated rings. The Balaban J connectivity index is 1.19. The summed E-state index contributed by atoms with van der Waals surface area (Å²) in [6.07, 6.45) is 1.84. The van der Waals surface area contributed by atoms with E-state index in [4.69, 9.17) is 4.98 Å². The first-order valence-corrected chi connectivity index (χ1v) is 15.9. The number of imidazole rings is 1. The van der Waals surface area contributed by atoms with Gasteiger partial charge in [-0.1, -0.05) is 115 Å². The fraction of sp³-hybridized carbons (Fsp3) is 0.0233. The monoisotopic (exact) mass is 602 g/mol. The first kappa shape index (κ1) is 27.1. The van der Waals surface area contributed by atoms with Crippen molar-refractivity contribution < 1.29 is 0 Å². The molecule has 6 aromatic carbocycles. The second-order valence-corrected chi connectivity index (χ2v) is 12.0. The molecule has 9 rings (SSSR count). The molecule has 0 saturated heterocycles. The fourth-order valence-corrected chi connectivity index (χ4v) is 6.90. The second kappa shape index (κ2) is 11.0. The summed E-state index contributed by atoms with van der Waals surface area (Å²) in [7, 11) is 2.11. The topological polar surface area (TPSA) is 35.6 Å². The van der Waals surface area contributed by atoms with E-state index in [2.05, 4.69) is 167 Å². The lowest BCUT2D eigenvalue weighted by Gasteiger charge is -2.11. The van der Waals surface area contributed by atoms with Crippen LogP contribution in [-0.4, -0.2) is 19.1 Å². The van der Waals surface area contributed by atoms with Gasteiger partial charge in [-0.15, -0.1) is 0 Å². The maximum absolute atomic E-state index is 5.30. The zero-order valence-corrected chi connectivity index (χ0v) is 25.9. The Morgan fingerprint density at radius 1 is 0.468 bits per heavy atom. The van der Waals surface area contributed by atoms with Crippen LogP contribution in [0.2, 0.25) is 0 Å². The Labute approximate surface area is 272 Å². The van der Waals surface area contributed by atoms with Crippen molar-refractivity contribution in [2.24, 2.45) is 7.05 Å². The number of hydrogen-bond donors (Lipinski definition) is 0. The molecule has 222 valence electrons. The Morgan fingerprint density at radius 2 is 1.15 bits per heavy atom. The molecule has 3 aromatic heterocycles. The van der Waals surface area contributed by atoms with E-state index in [9.17, 15) is 0 Å². The number of rotatable bonds is 5. The van der Waals surface area contributed by atoms with Gasteiger partial charge in [0, 0.05) is 46.4 Å². The maximum atomic E-state index is 5.30. The number of aromatic nitrogens is 4. The van der Waals surface area contributed by atoms with Crippen LogP contribution in [0, 0.1) is 0 Å². The molecule has 0 atom stereocenters. The third-order valence-corrected chi connectivity index (χ3v) is 9.21. The lowest BCUT2D eigenvalue weighted by Crippen LogP contribution is -1.96. The molecule has 0 saturated carbocycles. The van der Waals surface area contributed by atoms with Crippen molar-refractivity contribution in [3.63, 3.8) is 0 Å². The van der Waals surface area contributed by atoms with Crippen LogP contribution in [0.25, 0.3) is 83.4 Å². The Hall–Kier alpha value is -6.26. The molecule has 0 aliphatic heterocycles. The number of aryl methyl sites for hydroxylation is 1. The van der Waals surface area contributed by atoms with Crippen LogP contribution in [0.5, 0.6) is 0 Å². The summed E-state index contributed by atoms with van der Waals surface area (Å²) >= 11 is 0. The van der Waals surface area contributed by atoms with Gasteiger partial charge >= 0.3 is 0 Å². The predicted octanol–water partition coefficient (Wildman–Crippen LogP) is 10.7. The van der Waals surface area contributed by atoms with Crippen LogP contribution in [0.4, 0.5) is 0 Å². The van der Waals surface area contributed by atoms with E-state index in [-0.39, 0.29) is 0 Å². The highest BCUT2D eigenvalue weighted by Gasteiger charge is 2.18. The number of benzene rings is 6. The van der Waals surface area contributed by atoms with Crippen molar-refractivity contribution in [1.82, 2.24) is 19.1 Å². The quantitative estimate of drug-likeness (QED) is 0.196. The summed E-state index contributed by atoms with van der Waals surface area (Å²) in [5.41, 5.74) is 13.4. The third-order valence-electron chi connectivity index (χ3n) is 9.21. The molecule has 0 radical (unpaired) electrons. The van der Waals surface area contributed by atoms with Gasteiger partial charge < -0.3 is 9.13 Å². The molecular weight excluding hydrogens is 573 g/mol. The molecule has 0 N–H and O–H groups in total. The lowest BCUT2D eigenvalue weighted by molar-refractivity contribution is 0.959. The van der Waals surface area contributed by atoms with Crippen molar-refractivity contribution in [2.45, 2.75) is 0 Å². The summed E-state index contributed by atoms with van der Waals surface area (Å²) < 4.78 is 4.58. The SMILES string of the molecule is Cn1c(-c2ccc3c4ccccc4n(-c4cccc(-c5ccccn5)c4)c3c2)nc2c(-c3ccc(-c4ccccc4)cc3)cccc21. The number of nitrogens with zero attached hydrogens (tertiary/aromatic N) is 4. The van der Waals surface area contributed by atoms with Crippen molar-refractivity contribution in [1.29, 1.82) is 0 Å². The number of fused-ring (bicyclic) bond motifs is 4. The Bertz CT molecular complexity index is 2560. The van der Waals surface area contributed by atoms with Crippen LogP contribution in [0.3, 0.4) is 0 Å². The first-order chi connectivity index (χ1) is 23.2. The highest BCUT2D eigenvalue weighted by atomic mass is 15.1. The van der Waals surface area contributed by atoms with Gasteiger partial charge in [0.05, 0.1) is 27.8 Å². The van der Waals surface area contributed by atoms with Gasteiger partial charge in [0.2, 0.25) is 0 Å². The standard InChI is InChI=1S/C43H30N4/c1-46-40-19-10-16-35(31-22-20-30(21-23-31)29-11-3-2-4-12-29)42(40)45-43(46)33-24-25-37-36-15-5-6-18-39(36)47(41(37)28-33)34-14-9-13-32(27-34)38-17-7-8-26-44-38/h2-28H,1H3. The van der Waals surface area contributed by atoms with Crippen molar-refractivity contribution in [2.75, 3.05) is 0 Å². The van der Waals surface area contributed by atoms with Crippen LogP contribution in [-0.2, 0) is 7.05 Å². The highest BCUT2D eigenvalue weighted by molar-refractivity contribution is 6.10. The third kappa shape index (κ3) is 4.53. The van der Waals surface area contributed by atoms with E-state index in [0.717, 1.165) is 56.0 Å². The molecule has 9 aromatic rings. The minimum absolute atomic E-state index is 0.939. The molecule has 0 spiro atoms. The molecule has 4 nitrogen and oxygen atoms in total. The molecule has 0 bridgehead atoms. The van der Waals surface area contributed by atoms with E-state index >= 15 is 0 Å². The molecular formula is C43H30N4. The average molecular weight is 603 g/mol. The van der Waals surface area contributed by atoms with Gasteiger partial charge in [-0.05, 0) is 59.2 Å². The van der Waals surface area contributed by atoms with E-state index in [1.807, 2.05) is 18.3 Å². The first-order valence-electron chi connectivity index (χ1n) is 15.9. The maximum Gasteiger partial charge on any atom is 0.140 e. The molecule has 47 heavy (non-hydrogen) atoms.